The molecule has 0 saturated heterocycles. The fraction of sp³-hybridized carbons (Fsp3) is 0.417. The van der Waals surface area contributed by atoms with Crippen LogP contribution in [0.1, 0.15) is 83.8 Å². The van der Waals surface area contributed by atoms with Crippen molar-refractivity contribution in [2.24, 2.45) is 10.8 Å². The molecule has 0 fully saturated rings. The number of hydrogen-bond acceptors (Lipinski definition) is 6. The van der Waals surface area contributed by atoms with E-state index < -0.39 is 0 Å². The molecule has 2 aromatic heterocycles. The third-order valence-corrected chi connectivity index (χ3v) is 12.2. The number of carbonyl (C=O) groups excluding carboxylic acids is 2. The van der Waals surface area contributed by atoms with Gasteiger partial charge >= 0.3 is 199 Å². The summed E-state index contributed by atoms with van der Waals surface area (Å²) >= 11 is -0.364. The summed E-state index contributed by atoms with van der Waals surface area (Å²) in [5, 5.41) is 19.3. The van der Waals surface area contributed by atoms with E-state index in [1.54, 1.807) is 12.1 Å². The molecule has 2 aliphatic rings. The predicted molar refractivity (Wildman–Crippen MR) is 122 cm³/mol. The van der Waals surface area contributed by atoms with E-state index in [0.29, 0.717) is 57.1 Å². The first-order chi connectivity index (χ1) is 15.0. The average Bonchev–Trinajstić information content (AvgIpc) is 2.69. The molecule has 0 aromatic carbocycles. The molecule has 2 aliphatic carbocycles. The molecule has 0 spiro atoms. The topological polar surface area (TPSA) is 107 Å². The van der Waals surface area contributed by atoms with Gasteiger partial charge < -0.3 is 0 Å². The fourth-order valence-corrected chi connectivity index (χ4v) is 10.5. The van der Waals surface area contributed by atoms with Gasteiger partial charge in [-0.2, -0.15) is 0 Å². The molecule has 4 rings (SSSR count). The minimum absolute atomic E-state index is 0.0419. The molecular formula is C24H22N4O2Se2. The standard InChI is InChI=1S/C24H22N4O2Se2/c1-23(2)7-17-15(19(29)9-23)5-13(11-25)21(27-17)31-32-22-14(12-26)6-16-18(28-22)8-24(3,4)10-20(16)30/h5-6H,7-10H2,1-4H3. The SMILES string of the molecule is CC1(C)CC(=O)c2cc(C#N)c([Se][Se]c3nc4c(cc3C#N)C(=O)CC(C)(C)C4)nc2C1. The Labute approximate surface area is 198 Å². The number of hydrogen-bond donors (Lipinski definition) is 0. The summed E-state index contributed by atoms with van der Waals surface area (Å²) in [5.74, 6) is 0.0837. The second kappa shape index (κ2) is 8.22. The van der Waals surface area contributed by atoms with E-state index in [0.717, 1.165) is 11.4 Å². The normalized spacial score (nSPS) is 18.3. The number of aromatic nitrogens is 2. The van der Waals surface area contributed by atoms with E-state index in [2.05, 4.69) is 39.8 Å². The van der Waals surface area contributed by atoms with Crippen molar-refractivity contribution in [1.82, 2.24) is 9.97 Å². The van der Waals surface area contributed by atoms with Gasteiger partial charge in [-0.3, -0.25) is 0 Å². The van der Waals surface area contributed by atoms with Crippen molar-refractivity contribution in [2.75, 3.05) is 0 Å². The first-order valence-electron chi connectivity index (χ1n) is 10.3. The minimum atomic E-state index is -0.182. The Morgan fingerprint density at radius 1 is 0.750 bits per heavy atom. The van der Waals surface area contributed by atoms with Gasteiger partial charge in [0, 0.05) is 0 Å². The molecule has 32 heavy (non-hydrogen) atoms. The zero-order valence-corrected chi connectivity index (χ0v) is 21.8. The zero-order chi connectivity index (χ0) is 23.3. The van der Waals surface area contributed by atoms with E-state index in [4.69, 9.17) is 9.97 Å². The quantitative estimate of drug-likeness (QED) is 0.534. The van der Waals surface area contributed by atoms with Gasteiger partial charge in [-0.25, -0.2) is 0 Å². The van der Waals surface area contributed by atoms with Crippen LogP contribution < -0.4 is 9.18 Å². The number of carbonyl (C=O) groups is 2. The van der Waals surface area contributed by atoms with Crippen LogP contribution in [0.25, 0.3) is 0 Å². The Kier molecular flexibility index (Phi) is 5.86. The Morgan fingerprint density at radius 2 is 1.12 bits per heavy atom. The van der Waals surface area contributed by atoms with E-state index >= 15 is 0 Å². The number of fused-ring (bicyclic) bond motifs is 2. The van der Waals surface area contributed by atoms with Crippen LogP contribution >= 0.6 is 0 Å². The first-order valence-corrected chi connectivity index (χ1v) is 16.4. The van der Waals surface area contributed by atoms with Crippen LogP contribution in [0.3, 0.4) is 0 Å². The Hall–Kier alpha value is -2.34. The number of nitriles is 2. The second-order valence-corrected chi connectivity index (χ2v) is 15.9. The van der Waals surface area contributed by atoms with Crippen molar-refractivity contribution in [3.05, 3.63) is 45.8 Å². The number of nitrogens with zero attached hydrogens (tertiary/aromatic N) is 4. The van der Waals surface area contributed by atoms with Gasteiger partial charge in [-0.1, -0.05) is 0 Å². The summed E-state index contributed by atoms with van der Waals surface area (Å²) in [5.41, 5.74) is 3.25. The Bertz CT molecular complexity index is 1150. The summed E-state index contributed by atoms with van der Waals surface area (Å²) in [4.78, 5) is 34.6. The van der Waals surface area contributed by atoms with Crippen LogP contribution in [-0.4, -0.2) is 47.8 Å². The van der Waals surface area contributed by atoms with Gasteiger partial charge in [0.1, 0.15) is 0 Å². The summed E-state index contributed by atoms with van der Waals surface area (Å²) in [6.45, 7) is 8.23. The van der Waals surface area contributed by atoms with Crippen LogP contribution in [0.4, 0.5) is 0 Å². The molecule has 2 heterocycles. The van der Waals surface area contributed by atoms with Crippen molar-refractivity contribution < 1.29 is 9.59 Å². The third kappa shape index (κ3) is 4.42. The van der Waals surface area contributed by atoms with Crippen LogP contribution in [0.2, 0.25) is 0 Å². The fourth-order valence-electron chi connectivity index (χ4n) is 4.27. The van der Waals surface area contributed by atoms with Crippen molar-refractivity contribution in [2.45, 2.75) is 53.4 Å². The summed E-state index contributed by atoms with van der Waals surface area (Å²) in [7, 11) is 0. The van der Waals surface area contributed by atoms with Crippen LogP contribution in [0.15, 0.2) is 12.1 Å². The van der Waals surface area contributed by atoms with E-state index in [1.807, 2.05) is 0 Å². The third-order valence-electron chi connectivity index (χ3n) is 5.74. The van der Waals surface area contributed by atoms with Crippen molar-refractivity contribution >= 4 is 47.0 Å². The Morgan fingerprint density at radius 3 is 1.47 bits per heavy atom. The van der Waals surface area contributed by atoms with Crippen molar-refractivity contribution in [3.8, 4) is 12.1 Å². The molecule has 6 nitrogen and oxygen atoms in total. The molecule has 2 aromatic rings. The zero-order valence-electron chi connectivity index (χ0n) is 18.4. The predicted octanol–water partition coefficient (Wildman–Crippen LogP) is 1.80. The van der Waals surface area contributed by atoms with Gasteiger partial charge in [-0.15, -0.1) is 0 Å². The first kappa shape index (κ1) is 22.8. The van der Waals surface area contributed by atoms with Gasteiger partial charge in [0.15, 0.2) is 0 Å². The van der Waals surface area contributed by atoms with Gasteiger partial charge in [0.05, 0.1) is 0 Å². The molecule has 0 radical (unpaired) electrons. The maximum absolute atomic E-state index is 12.5. The van der Waals surface area contributed by atoms with E-state index in [9.17, 15) is 20.1 Å². The summed E-state index contributed by atoms with van der Waals surface area (Å²) < 4.78 is 1.42. The van der Waals surface area contributed by atoms with Gasteiger partial charge in [0.2, 0.25) is 0 Å². The molecular weight excluding hydrogens is 534 g/mol. The molecule has 0 amide bonds. The molecule has 0 N–H and O–H groups in total. The summed E-state index contributed by atoms with van der Waals surface area (Å²) in [6, 6.07) is 7.79. The molecule has 8 heteroatoms. The molecule has 0 atom stereocenters. The molecule has 0 unspecified atom stereocenters. The molecule has 0 aliphatic heterocycles. The van der Waals surface area contributed by atoms with Crippen LogP contribution in [0.5, 0.6) is 0 Å². The maximum atomic E-state index is 12.5. The molecule has 0 saturated carbocycles. The van der Waals surface area contributed by atoms with Crippen molar-refractivity contribution in [3.63, 3.8) is 0 Å². The summed E-state index contributed by atoms with van der Waals surface area (Å²) in [6.07, 6.45) is 2.32. The van der Waals surface area contributed by atoms with Crippen molar-refractivity contribution in [1.29, 1.82) is 10.5 Å². The number of rotatable bonds is 3. The van der Waals surface area contributed by atoms with Gasteiger partial charge in [-0.05, 0) is 0 Å². The van der Waals surface area contributed by atoms with Gasteiger partial charge in [0.25, 0.3) is 0 Å². The van der Waals surface area contributed by atoms with E-state index in [1.165, 1.54) is 0 Å². The Balaban J connectivity index is 1.67. The second-order valence-electron chi connectivity index (χ2n) is 9.94. The molecule has 0 bridgehead atoms. The number of pyridine rings is 2. The number of Topliss-reactive ketones (excluding diaryl/α,β-unsaturated/α-hetero) is 2. The van der Waals surface area contributed by atoms with Crippen LogP contribution in [-0.2, 0) is 12.8 Å². The van der Waals surface area contributed by atoms with E-state index in [-0.39, 0.29) is 48.7 Å². The van der Waals surface area contributed by atoms with Crippen LogP contribution in [0, 0.1) is 33.5 Å². The molecule has 162 valence electrons. The number of ketones is 2. The monoisotopic (exact) mass is 558 g/mol. The average molecular weight is 556 g/mol.